The minimum Gasteiger partial charge on any atom is -0.342 e. The molecule has 1 aromatic carbocycles. The van der Waals surface area contributed by atoms with Crippen molar-refractivity contribution >= 4 is 22.1 Å². The molecule has 3 aromatic rings. The predicted molar refractivity (Wildman–Crippen MR) is 65.2 cm³/mol. The van der Waals surface area contributed by atoms with Gasteiger partial charge in [0, 0.05) is 13.0 Å². The highest BCUT2D eigenvalue weighted by molar-refractivity contribution is 5.91. The predicted octanol–water partition coefficient (Wildman–Crippen LogP) is 1.62. The van der Waals surface area contributed by atoms with Crippen molar-refractivity contribution in [3.05, 3.63) is 28.4 Å². The summed E-state index contributed by atoms with van der Waals surface area (Å²) in [6.45, 7) is 0. The number of rotatable bonds is 1. The number of fused-ring (bicyclic) bond motifs is 2. The van der Waals surface area contributed by atoms with Gasteiger partial charge in [0.1, 0.15) is 5.82 Å². The van der Waals surface area contributed by atoms with E-state index in [9.17, 15) is 4.79 Å². The maximum Gasteiger partial charge on any atom is 0.326 e. The molecule has 5 heteroatoms. The van der Waals surface area contributed by atoms with Crippen LogP contribution in [0.25, 0.3) is 22.1 Å². The molecule has 1 fully saturated rings. The molecule has 2 aromatic heterocycles. The molecule has 0 radical (unpaired) electrons. The van der Waals surface area contributed by atoms with Crippen LogP contribution in [0.3, 0.4) is 0 Å². The van der Waals surface area contributed by atoms with E-state index >= 15 is 0 Å². The quantitative estimate of drug-likeness (QED) is 0.664. The SMILES string of the molecule is Cn1c(=O)[nH]c2cc3[nH]c(C4CC4)nc3cc21. The maximum absolute atomic E-state index is 11.5. The Kier molecular flexibility index (Phi) is 1.49. The van der Waals surface area contributed by atoms with Crippen LogP contribution in [0, 0.1) is 0 Å². The zero-order valence-corrected chi connectivity index (χ0v) is 9.45. The van der Waals surface area contributed by atoms with Gasteiger partial charge in [-0.2, -0.15) is 0 Å². The van der Waals surface area contributed by atoms with E-state index in [2.05, 4.69) is 15.0 Å². The van der Waals surface area contributed by atoms with Crippen molar-refractivity contribution < 1.29 is 0 Å². The number of aromatic amines is 2. The Morgan fingerprint density at radius 2 is 2.12 bits per heavy atom. The van der Waals surface area contributed by atoms with Gasteiger partial charge in [-0.05, 0) is 25.0 Å². The monoisotopic (exact) mass is 228 g/mol. The first-order valence-corrected chi connectivity index (χ1v) is 5.81. The molecular weight excluding hydrogens is 216 g/mol. The number of imidazole rings is 2. The van der Waals surface area contributed by atoms with Crippen molar-refractivity contribution in [2.75, 3.05) is 0 Å². The molecule has 4 rings (SSSR count). The molecule has 1 saturated carbocycles. The Balaban J connectivity index is 2.07. The van der Waals surface area contributed by atoms with E-state index in [0.717, 1.165) is 27.9 Å². The summed E-state index contributed by atoms with van der Waals surface area (Å²) < 4.78 is 1.61. The molecule has 0 spiro atoms. The molecule has 0 amide bonds. The molecule has 0 atom stereocenters. The lowest BCUT2D eigenvalue weighted by Gasteiger charge is -1.92. The zero-order valence-electron chi connectivity index (χ0n) is 9.45. The van der Waals surface area contributed by atoms with Crippen molar-refractivity contribution in [2.24, 2.45) is 7.05 Å². The third-order valence-corrected chi connectivity index (χ3v) is 3.49. The van der Waals surface area contributed by atoms with Crippen LogP contribution in [0.15, 0.2) is 16.9 Å². The van der Waals surface area contributed by atoms with E-state index in [1.807, 2.05) is 12.1 Å². The first-order valence-electron chi connectivity index (χ1n) is 5.81. The van der Waals surface area contributed by atoms with Gasteiger partial charge in [-0.15, -0.1) is 0 Å². The molecule has 0 bridgehead atoms. The highest BCUT2D eigenvalue weighted by atomic mass is 16.1. The maximum atomic E-state index is 11.5. The largest absolute Gasteiger partial charge is 0.342 e. The molecule has 0 aliphatic heterocycles. The van der Waals surface area contributed by atoms with Crippen LogP contribution in [-0.4, -0.2) is 19.5 Å². The van der Waals surface area contributed by atoms with Crippen molar-refractivity contribution in [1.29, 1.82) is 0 Å². The van der Waals surface area contributed by atoms with Crippen molar-refractivity contribution in [3.63, 3.8) is 0 Å². The van der Waals surface area contributed by atoms with Crippen LogP contribution in [0.5, 0.6) is 0 Å². The normalized spacial score (nSPS) is 16.1. The van der Waals surface area contributed by atoms with E-state index < -0.39 is 0 Å². The number of hydrogen-bond donors (Lipinski definition) is 2. The Morgan fingerprint density at radius 1 is 1.29 bits per heavy atom. The molecule has 1 aliphatic rings. The standard InChI is InChI=1S/C12H12N4O/c1-16-10-5-8-7(4-9(10)15-12(16)17)13-11(14-8)6-2-3-6/h4-6H,2-3H2,1H3,(H,13,14)(H,15,17). The summed E-state index contributed by atoms with van der Waals surface area (Å²) in [5.74, 6) is 1.70. The summed E-state index contributed by atoms with van der Waals surface area (Å²) in [4.78, 5) is 22.3. The Bertz CT molecular complexity index is 788. The average Bonchev–Trinajstić information content (AvgIpc) is 3.02. The summed E-state index contributed by atoms with van der Waals surface area (Å²) in [5.41, 5.74) is 3.61. The summed E-state index contributed by atoms with van der Waals surface area (Å²) in [6.07, 6.45) is 2.46. The van der Waals surface area contributed by atoms with Gasteiger partial charge in [-0.3, -0.25) is 4.57 Å². The van der Waals surface area contributed by atoms with Gasteiger partial charge >= 0.3 is 5.69 Å². The van der Waals surface area contributed by atoms with E-state index in [1.54, 1.807) is 11.6 Å². The fourth-order valence-electron chi connectivity index (χ4n) is 2.30. The van der Waals surface area contributed by atoms with Crippen LogP contribution >= 0.6 is 0 Å². The van der Waals surface area contributed by atoms with E-state index in [0.29, 0.717) is 5.92 Å². The first kappa shape index (κ1) is 9.04. The second-order valence-electron chi connectivity index (χ2n) is 4.77. The van der Waals surface area contributed by atoms with Gasteiger partial charge in [0.2, 0.25) is 0 Å². The van der Waals surface area contributed by atoms with E-state index in [1.165, 1.54) is 12.8 Å². The second kappa shape index (κ2) is 2.80. The fraction of sp³-hybridized carbons (Fsp3) is 0.333. The number of nitrogens with zero attached hydrogens (tertiary/aromatic N) is 2. The lowest BCUT2D eigenvalue weighted by atomic mass is 10.3. The smallest absolute Gasteiger partial charge is 0.326 e. The number of benzene rings is 1. The molecule has 5 nitrogen and oxygen atoms in total. The van der Waals surface area contributed by atoms with Crippen LogP contribution in [0.4, 0.5) is 0 Å². The Hall–Kier alpha value is -2.04. The summed E-state index contributed by atoms with van der Waals surface area (Å²) in [7, 11) is 1.77. The molecule has 0 saturated heterocycles. The molecule has 86 valence electrons. The van der Waals surface area contributed by atoms with Crippen LogP contribution in [-0.2, 0) is 7.05 Å². The number of nitrogens with one attached hydrogen (secondary N) is 2. The van der Waals surface area contributed by atoms with Gasteiger partial charge in [0.05, 0.1) is 22.1 Å². The highest BCUT2D eigenvalue weighted by Gasteiger charge is 2.26. The third kappa shape index (κ3) is 1.19. The van der Waals surface area contributed by atoms with Gasteiger partial charge in [0.25, 0.3) is 0 Å². The molecule has 2 N–H and O–H groups in total. The van der Waals surface area contributed by atoms with Crippen molar-refractivity contribution in [3.8, 4) is 0 Å². The van der Waals surface area contributed by atoms with Gasteiger partial charge in [0.15, 0.2) is 0 Å². The molecule has 1 aliphatic carbocycles. The summed E-state index contributed by atoms with van der Waals surface area (Å²) in [5, 5.41) is 0. The number of hydrogen-bond acceptors (Lipinski definition) is 2. The molecule has 0 unspecified atom stereocenters. The van der Waals surface area contributed by atoms with Gasteiger partial charge < -0.3 is 9.97 Å². The molecular formula is C12H12N4O. The number of H-pyrrole nitrogens is 2. The lowest BCUT2D eigenvalue weighted by molar-refractivity contribution is 0.892. The van der Waals surface area contributed by atoms with E-state index in [-0.39, 0.29) is 5.69 Å². The molecule has 17 heavy (non-hydrogen) atoms. The van der Waals surface area contributed by atoms with Crippen molar-refractivity contribution in [2.45, 2.75) is 18.8 Å². The van der Waals surface area contributed by atoms with Crippen LogP contribution < -0.4 is 5.69 Å². The molecule has 2 heterocycles. The number of aryl methyl sites for hydroxylation is 1. The summed E-state index contributed by atoms with van der Waals surface area (Å²) >= 11 is 0. The van der Waals surface area contributed by atoms with E-state index in [4.69, 9.17) is 0 Å². The minimum absolute atomic E-state index is 0.0879. The third-order valence-electron chi connectivity index (χ3n) is 3.49. The first-order chi connectivity index (χ1) is 8.22. The van der Waals surface area contributed by atoms with Crippen LogP contribution in [0.1, 0.15) is 24.6 Å². The zero-order chi connectivity index (χ0) is 11.6. The average molecular weight is 228 g/mol. The second-order valence-corrected chi connectivity index (χ2v) is 4.77. The lowest BCUT2D eigenvalue weighted by Crippen LogP contribution is -2.11. The van der Waals surface area contributed by atoms with Gasteiger partial charge in [-0.1, -0.05) is 0 Å². The van der Waals surface area contributed by atoms with Crippen molar-refractivity contribution in [1.82, 2.24) is 19.5 Å². The summed E-state index contributed by atoms with van der Waals surface area (Å²) in [6, 6.07) is 3.93. The number of aromatic nitrogens is 4. The minimum atomic E-state index is -0.0879. The fourth-order valence-corrected chi connectivity index (χ4v) is 2.30. The highest BCUT2D eigenvalue weighted by Crippen LogP contribution is 2.39. The van der Waals surface area contributed by atoms with Crippen LogP contribution in [0.2, 0.25) is 0 Å². The van der Waals surface area contributed by atoms with Gasteiger partial charge in [-0.25, -0.2) is 9.78 Å². The topological polar surface area (TPSA) is 66.5 Å². The Morgan fingerprint density at radius 3 is 2.88 bits per heavy atom. The Labute approximate surface area is 96.5 Å².